The van der Waals surface area contributed by atoms with Gasteiger partial charge in [-0.15, -0.1) is 0 Å². The monoisotopic (exact) mass is 348 g/mol. The number of carbonyl (C=O) groups is 2. The van der Waals surface area contributed by atoms with Crippen molar-refractivity contribution in [2.45, 2.75) is 58.7 Å². The van der Waals surface area contributed by atoms with E-state index >= 15 is 0 Å². The van der Waals surface area contributed by atoms with Crippen molar-refractivity contribution < 1.29 is 19.4 Å². The zero-order chi connectivity index (χ0) is 18.6. The van der Waals surface area contributed by atoms with Gasteiger partial charge in [-0.25, -0.2) is 4.79 Å². The minimum absolute atomic E-state index is 0.152. The third kappa shape index (κ3) is 6.64. The summed E-state index contributed by atoms with van der Waals surface area (Å²) in [5.41, 5.74) is 0.251. The molecule has 1 unspecified atom stereocenters. The average Bonchev–Trinajstić information content (AvgIpc) is 3.27. The van der Waals surface area contributed by atoms with Crippen molar-refractivity contribution in [3.05, 3.63) is 29.8 Å². The fraction of sp³-hybridized carbons (Fsp3) is 0.579. The van der Waals surface area contributed by atoms with Gasteiger partial charge in [0.25, 0.3) is 0 Å². The lowest BCUT2D eigenvalue weighted by molar-refractivity contribution is -0.134. The van der Waals surface area contributed by atoms with Gasteiger partial charge in [0.15, 0.2) is 0 Å². The van der Waals surface area contributed by atoms with E-state index in [9.17, 15) is 14.7 Å². The summed E-state index contributed by atoms with van der Waals surface area (Å²) < 4.78 is 5.21. The van der Waals surface area contributed by atoms with Crippen molar-refractivity contribution in [3.63, 3.8) is 0 Å². The second-order valence-electron chi connectivity index (χ2n) is 7.70. The van der Waals surface area contributed by atoms with Crippen molar-refractivity contribution >= 4 is 12.0 Å². The fourth-order valence-electron chi connectivity index (χ4n) is 2.54. The summed E-state index contributed by atoms with van der Waals surface area (Å²) in [6.45, 7) is 8.06. The summed E-state index contributed by atoms with van der Waals surface area (Å²) in [5, 5.41) is 12.2. The minimum atomic E-state index is -0.675. The van der Waals surface area contributed by atoms with Gasteiger partial charge in [0.2, 0.25) is 5.91 Å². The first-order valence-electron chi connectivity index (χ1n) is 8.70. The number of ether oxygens (including phenoxy) is 1. The molecule has 1 aliphatic rings. The van der Waals surface area contributed by atoms with E-state index in [-0.39, 0.29) is 11.7 Å². The maximum absolute atomic E-state index is 12.8. The Morgan fingerprint density at radius 2 is 2.04 bits per heavy atom. The Balaban J connectivity index is 2.00. The molecule has 0 saturated heterocycles. The van der Waals surface area contributed by atoms with E-state index < -0.39 is 17.7 Å². The number of benzene rings is 1. The molecule has 1 aliphatic carbocycles. The van der Waals surface area contributed by atoms with Crippen LogP contribution in [0.2, 0.25) is 0 Å². The third-order valence-corrected chi connectivity index (χ3v) is 3.87. The van der Waals surface area contributed by atoms with Crippen LogP contribution >= 0.6 is 0 Å². The second kappa shape index (κ2) is 7.76. The molecular weight excluding hydrogens is 320 g/mol. The van der Waals surface area contributed by atoms with Crippen molar-refractivity contribution in [2.24, 2.45) is 5.92 Å². The molecule has 1 saturated carbocycles. The number of amides is 2. The van der Waals surface area contributed by atoms with Crippen LogP contribution in [0.3, 0.4) is 0 Å². The Morgan fingerprint density at radius 1 is 1.36 bits per heavy atom. The molecule has 2 amide bonds. The van der Waals surface area contributed by atoms with Crippen LogP contribution in [0.15, 0.2) is 24.3 Å². The number of phenols is 1. The summed E-state index contributed by atoms with van der Waals surface area (Å²) in [6.07, 6.45) is 1.65. The van der Waals surface area contributed by atoms with Crippen LogP contribution in [0, 0.1) is 5.92 Å². The number of carbonyl (C=O) groups excluding carboxylic acids is 2. The fourth-order valence-corrected chi connectivity index (χ4v) is 2.54. The van der Waals surface area contributed by atoms with Crippen LogP contribution in [0.1, 0.15) is 46.1 Å². The summed E-state index contributed by atoms with van der Waals surface area (Å²) in [6, 6.07) is 6.21. The zero-order valence-electron chi connectivity index (χ0n) is 15.4. The molecule has 6 heteroatoms. The SMILES string of the molecule is CC(NC(=O)OC(C)(C)C)C(=O)N(Cc1cccc(O)c1)CC1CC1. The molecule has 25 heavy (non-hydrogen) atoms. The largest absolute Gasteiger partial charge is 0.508 e. The number of aromatic hydroxyl groups is 1. The van der Waals surface area contributed by atoms with Crippen LogP contribution in [0.25, 0.3) is 0 Å². The highest BCUT2D eigenvalue weighted by molar-refractivity contribution is 5.85. The lowest BCUT2D eigenvalue weighted by atomic mass is 10.1. The first kappa shape index (κ1) is 19.1. The standard InChI is InChI=1S/C19H28N2O4/c1-13(20-18(24)25-19(2,3)4)17(23)21(11-14-8-9-14)12-15-6-5-7-16(22)10-15/h5-7,10,13-14,22H,8-9,11-12H2,1-4H3,(H,20,24). The zero-order valence-corrected chi connectivity index (χ0v) is 15.4. The highest BCUT2D eigenvalue weighted by Gasteiger charge is 2.30. The minimum Gasteiger partial charge on any atom is -0.508 e. The lowest BCUT2D eigenvalue weighted by Crippen LogP contribution is -2.48. The smallest absolute Gasteiger partial charge is 0.408 e. The van der Waals surface area contributed by atoms with Gasteiger partial charge in [-0.05, 0) is 64.2 Å². The van der Waals surface area contributed by atoms with Gasteiger partial charge >= 0.3 is 6.09 Å². The highest BCUT2D eigenvalue weighted by Crippen LogP contribution is 2.30. The quantitative estimate of drug-likeness (QED) is 0.828. The maximum atomic E-state index is 12.8. The number of rotatable bonds is 6. The van der Waals surface area contributed by atoms with Gasteiger partial charge in [0.1, 0.15) is 17.4 Å². The number of nitrogens with zero attached hydrogens (tertiary/aromatic N) is 1. The molecular formula is C19H28N2O4. The van der Waals surface area contributed by atoms with Crippen molar-refractivity contribution in [1.82, 2.24) is 10.2 Å². The van der Waals surface area contributed by atoms with Gasteiger partial charge in [-0.1, -0.05) is 12.1 Å². The van der Waals surface area contributed by atoms with E-state index in [1.54, 1.807) is 50.8 Å². The highest BCUT2D eigenvalue weighted by atomic mass is 16.6. The number of hydrogen-bond acceptors (Lipinski definition) is 4. The molecule has 1 aromatic carbocycles. The summed E-state index contributed by atoms with van der Waals surface area (Å²) in [5.74, 6) is 0.548. The molecule has 0 bridgehead atoms. The molecule has 0 heterocycles. The Kier molecular flexibility index (Phi) is 5.93. The maximum Gasteiger partial charge on any atom is 0.408 e. The molecule has 0 aromatic heterocycles. The molecule has 1 aromatic rings. The predicted octanol–water partition coefficient (Wildman–Crippen LogP) is 3.04. The molecule has 6 nitrogen and oxygen atoms in total. The van der Waals surface area contributed by atoms with Gasteiger partial charge < -0.3 is 20.1 Å². The molecule has 138 valence electrons. The van der Waals surface area contributed by atoms with E-state index in [1.807, 2.05) is 6.07 Å². The lowest BCUT2D eigenvalue weighted by Gasteiger charge is -2.27. The first-order chi connectivity index (χ1) is 11.6. The number of alkyl carbamates (subject to hydrolysis) is 1. The van der Waals surface area contributed by atoms with Crippen LogP contribution in [0.4, 0.5) is 4.79 Å². The van der Waals surface area contributed by atoms with E-state index in [2.05, 4.69) is 5.32 Å². The molecule has 2 N–H and O–H groups in total. The Morgan fingerprint density at radius 3 is 2.60 bits per heavy atom. The number of phenolic OH excluding ortho intramolecular Hbond substituents is 1. The summed E-state index contributed by atoms with van der Waals surface area (Å²) in [7, 11) is 0. The van der Waals surface area contributed by atoms with E-state index in [4.69, 9.17) is 4.74 Å². The van der Waals surface area contributed by atoms with E-state index in [1.165, 1.54) is 0 Å². The molecule has 2 rings (SSSR count). The van der Waals surface area contributed by atoms with Crippen LogP contribution in [-0.4, -0.2) is 40.2 Å². The Labute approximate surface area is 149 Å². The van der Waals surface area contributed by atoms with Crippen LogP contribution in [-0.2, 0) is 16.1 Å². The number of hydrogen-bond donors (Lipinski definition) is 2. The van der Waals surface area contributed by atoms with Crippen molar-refractivity contribution in [3.8, 4) is 5.75 Å². The normalized spacial score (nSPS) is 15.4. The van der Waals surface area contributed by atoms with Crippen LogP contribution in [0.5, 0.6) is 5.75 Å². The van der Waals surface area contributed by atoms with Gasteiger partial charge in [-0.2, -0.15) is 0 Å². The van der Waals surface area contributed by atoms with Gasteiger partial charge in [0, 0.05) is 13.1 Å². The molecule has 1 fully saturated rings. The number of nitrogens with one attached hydrogen (secondary N) is 1. The average molecular weight is 348 g/mol. The molecule has 1 atom stereocenters. The summed E-state index contributed by atoms with van der Waals surface area (Å²) >= 11 is 0. The second-order valence-corrected chi connectivity index (χ2v) is 7.70. The molecule has 0 radical (unpaired) electrons. The predicted molar refractivity (Wildman–Crippen MR) is 95.1 cm³/mol. The van der Waals surface area contributed by atoms with Crippen molar-refractivity contribution in [1.29, 1.82) is 0 Å². The third-order valence-electron chi connectivity index (χ3n) is 3.87. The molecule has 0 spiro atoms. The summed E-state index contributed by atoms with van der Waals surface area (Å²) in [4.78, 5) is 26.4. The Bertz CT molecular complexity index is 620. The van der Waals surface area contributed by atoms with Gasteiger partial charge in [0.05, 0.1) is 0 Å². The topological polar surface area (TPSA) is 78.9 Å². The van der Waals surface area contributed by atoms with Gasteiger partial charge in [-0.3, -0.25) is 4.79 Å². The van der Waals surface area contributed by atoms with E-state index in [0.717, 1.165) is 18.4 Å². The Hall–Kier alpha value is -2.24. The van der Waals surface area contributed by atoms with E-state index in [0.29, 0.717) is 19.0 Å². The first-order valence-corrected chi connectivity index (χ1v) is 8.70. The van der Waals surface area contributed by atoms with Crippen molar-refractivity contribution in [2.75, 3.05) is 6.54 Å². The van der Waals surface area contributed by atoms with Crippen LogP contribution < -0.4 is 5.32 Å². The molecule has 0 aliphatic heterocycles.